The minimum absolute atomic E-state index is 0.253. The molecule has 1 saturated heterocycles. The van der Waals surface area contributed by atoms with Crippen molar-refractivity contribution in [1.82, 2.24) is 5.32 Å². The number of hydrogen-bond donors (Lipinski definition) is 1. The quantitative estimate of drug-likeness (QED) is 0.795. The van der Waals surface area contributed by atoms with E-state index in [0.717, 1.165) is 23.9 Å². The first kappa shape index (κ1) is 12.0. The van der Waals surface area contributed by atoms with E-state index in [-0.39, 0.29) is 5.25 Å². The van der Waals surface area contributed by atoms with Crippen LogP contribution in [0.5, 0.6) is 0 Å². The Balaban J connectivity index is 2.23. The van der Waals surface area contributed by atoms with Crippen LogP contribution in [0.3, 0.4) is 0 Å². The average Bonchev–Trinajstić information content (AvgIpc) is 2.51. The fourth-order valence-electron chi connectivity index (χ4n) is 1.10. The van der Waals surface area contributed by atoms with Crippen LogP contribution in [-0.2, 0) is 10.8 Å². The largest absolute Gasteiger partial charge is 0.362 e. The maximum absolute atomic E-state index is 11.1. The predicted octanol–water partition coefficient (Wildman–Crippen LogP) is 1.22. The summed E-state index contributed by atoms with van der Waals surface area (Å²) in [5, 5.41) is 4.59. The van der Waals surface area contributed by atoms with Crippen LogP contribution < -0.4 is 5.32 Å². The predicted molar refractivity (Wildman–Crippen MR) is 65.5 cm³/mol. The van der Waals surface area contributed by atoms with Crippen LogP contribution >= 0.6 is 11.8 Å². The maximum atomic E-state index is 11.1. The van der Waals surface area contributed by atoms with E-state index in [2.05, 4.69) is 17.2 Å². The number of hydrogen-bond acceptors (Lipinski definition) is 3. The number of nitrogens with zero attached hydrogens (tertiary/aromatic N) is 1. The third kappa shape index (κ3) is 4.00. The molecule has 0 radical (unpaired) electrons. The van der Waals surface area contributed by atoms with E-state index in [9.17, 15) is 4.21 Å². The van der Waals surface area contributed by atoms with Crippen LogP contribution in [0.4, 0.5) is 0 Å². The van der Waals surface area contributed by atoms with Gasteiger partial charge in [-0.15, -0.1) is 0 Å². The Bertz CT molecular complexity index is 243. The molecule has 1 aliphatic rings. The molecule has 5 heteroatoms. The fraction of sp³-hybridized carbons (Fsp3) is 0.889. The van der Waals surface area contributed by atoms with Gasteiger partial charge in [-0.3, -0.25) is 9.20 Å². The summed E-state index contributed by atoms with van der Waals surface area (Å²) in [4.78, 5) is 4.43. The summed E-state index contributed by atoms with van der Waals surface area (Å²) < 4.78 is 11.1. The molecular formula is C9H18N2OS2. The Morgan fingerprint density at radius 3 is 3.00 bits per heavy atom. The highest BCUT2D eigenvalue weighted by atomic mass is 32.2. The van der Waals surface area contributed by atoms with Gasteiger partial charge in [-0.1, -0.05) is 18.7 Å². The molecule has 0 bridgehead atoms. The Morgan fingerprint density at radius 1 is 1.79 bits per heavy atom. The van der Waals surface area contributed by atoms with Crippen molar-refractivity contribution in [2.75, 3.05) is 18.6 Å². The van der Waals surface area contributed by atoms with Crippen LogP contribution in [0.25, 0.3) is 0 Å². The van der Waals surface area contributed by atoms with Gasteiger partial charge in [-0.05, 0) is 13.3 Å². The Labute approximate surface area is 92.6 Å². The molecule has 1 heterocycles. The molecule has 3 unspecified atom stereocenters. The lowest BCUT2D eigenvalue weighted by atomic mass is 10.3. The molecule has 14 heavy (non-hydrogen) atoms. The van der Waals surface area contributed by atoms with Crippen LogP contribution in [0.2, 0.25) is 0 Å². The molecule has 0 spiro atoms. The van der Waals surface area contributed by atoms with Gasteiger partial charge in [-0.2, -0.15) is 0 Å². The molecule has 3 atom stereocenters. The van der Waals surface area contributed by atoms with Gasteiger partial charge >= 0.3 is 0 Å². The second-order valence-corrected chi connectivity index (χ2v) is 6.45. The lowest BCUT2D eigenvalue weighted by Gasteiger charge is -2.05. The zero-order chi connectivity index (χ0) is 10.6. The zero-order valence-corrected chi connectivity index (χ0v) is 10.6. The number of aliphatic imine (C=N–C) groups is 1. The highest BCUT2D eigenvalue weighted by Crippen LogP contribution is 2.13. The summed E-state index contributed by atoms with van der Waals surface area (Å²) in [5.74, 6) is 1.11. The van der Waals surface area contributed by atoms with Gasteiger partial charge in [0, 0.05) is 40.6 Å². The molecule has 0 aromatic rings. The van der Waals surface area contributed by atoms with Crippen LogP contribution in [-0.4, -0.2) is 39.2 Å². The van der Waals surface area contributed by atoms with Crippen molar-refractivity contribution < 1.29 is 4.21 Å². The molecule has 0 aromatic carbocycles. The van der Waals surface area contributed by atoms with E-state index in [1.807, 2.05) is 6.92 Å². The zero-order valence-electron chi connectivity index (χ0n) is 8.95. The van der Waals surface area contributed by atoms with Crippen molar-refractivity contribution in [3.8, 4) is 0 Å². The number of amidine groups is 1. The van der Waals surface area contributed by atoms with Crippen molar-refractivity contribution in [2.24, 2.45) is 4.99 Å². The maximum Gasteiger partial charge on any atom is 0.156 e. The van der Waals surface area contributed by atoms with Crippen molar-refractivity contribution in [1.29, 1.82) is 0 Å². The molecule has 0 amide bonds. The third-order valence-electron chi connectivity index (χ3n) is 2.20. The van der Waals surface area contributed by atoms with E-state index in [1.165, 1.54) is 0 Å². The number of thioether (sulfide) groups is 1. The fourth-order valence-corrected chi connectivity index (χ4v) is 2.50. The van der Waals surface area contributed by atoms with E-state index in [0.29, 0.717) is 6.04 Å². The summed E-state index contributed by atoms with van der Waals surface area (Å²) in [6, 6.07) is 0.538. The van der Waals surface area contributed by atoms with Crippen molar-refractivity contribution in [3.05, 3.63) is 0 Å². The lowest BCUT2D eigenvalue weighted by Crippen LogP contribution is -2.23. The standard InChI is InChI=1S/C9H18N2OS2/c1-7-6-13-9(11-7)10-5-4-8(2)14(3)12/h7-8H,4-6H2,1-3H3,(H,10,11). The van der Waals surface area contributed by atoms with Crippen LogP contribution in [0.15, 0.2) is 4.99 Å². The normalized spacial score (nSPS) is 28.8. The minimum atomic E-state index is -0.717. The topological polar surface area (TPSA) is 41.5 Å². The highest BCUT2D eigenvalue weighted by molar-refractivity contribution is 8.14. The first-order chi connectivity index (χ1) is 6.59. The molecule has 82 valence electrons. The molecule has 0 saturated carbocycles. The van der Waals surface area contributed by atoms with Gasteiger partial charge < -0.3 is 5.32 Å². The Hall–Kier alpha value is -0.0300. The van der Waals surface area contributed by atoms with Gasteiger partial charge in [-0.25, -0.2) is 0 Å². The molecule has 1 fully saturated rings. The summed E-state index contributed by atoms with van der Waals surface area (Å²) in [5.41, 5.74) is 0. The monoisotopic (exact) mass is 234 g/mol. The SMILES string of the molecule is CC1CSC(=NCCC(C)S(C)=O)N1. The molecule has 3 nitrogen and oxygen atoms in total. The van der Waals surface area contributed by atoms with Crippen LogP contribution in [0, 0.1) is 0 Å². The molecule has 0 aliphatic carbocycles. The van der Waals surface area contributed by atoms with Gasteiger partial charge in [0.1, 0.15) is 0 Å². The molecular weight excluding hydrogens is 216 g/mol. The third-order valence-corrected chi connectivity index (χ3v) is 4.75. The van der Waals surface area contributed by atoms with E-state index in [4.69, 9.17) is 0 Å². The number of rotatable bonds is 4. The first-order valence-electron chi connectivity index (χ1n) is 4.85. The van der Waals surface area contributed by atoms with Crippen molar-refractivity contribution in [2.45, 2.75) is 31.6 Å². The second kappa shape index (κ2) is 5.75. The average molecular weight is 234 g/mol. The molecule has 0 aromatic heterocycles. The second-order valence-electron chi connectivity index (χ2n) is 3.64. The molecule has 1 N–H and O–H groups in total. The molecule has 1 rings (SSSR count). The summed E-state index contributed by atoms with van der Waals surface area (Å²) in [7, 11) is -0.717. The summed E-state index contributed by atoms with van der Waals surface area (Å²) in [6.07, 6.45) is 2.66. The van der Waals surface area contributed by atoms with E-state index < -0.39 is 10.8 Å². The lowest BCUT2D eigenvalue weighted by molar-refractivity contribution is 0.670. The Morgan fingerprint density at radius 2 is 2.50 bits per heavy atom. The minimum Gasteiger partial charge on any atom is -0.362 e. The summed E-state index contributed by atoms with van der Waals surface area (Å²) >= 11 is 1.77. The van der Waals surface area contributed by atoms with Gasteiger partial charge in [0.25, 0.3) is 0 Å². The first-order valence-corrected chi connectivity index (χ1v) is 7.46. The van der Waals surface area contributed by atoms with Crippen molar-refractivity contribution >= 4 is 27.7 Å². The summed E-state index contributed by atoms with van der Waals surface area (Å²) in [6.45, 7) is 4.94. The van der Waals surface area contributed by atoms with E-state index >= 15 is 0 Å². The smallest absolute Gasteiger partial charge is 0.156 e. The highest BCUT2D eigenvalue weighted by Gasteiger charge is 2.15. The van der Waals surface area contributed by atoms with Gasteiger partial charge in [0.15, 0.2) is 5.17 Å². The molecule has 1 aliphatic heterocycles. The van der Waals surface area contributed by atoms with Crippen molar-refractivity contribution in [3.63, 3.8) is 0 Å². The number of nitrogens with one attached hydrogen (secondary N) is 1. The van der Waals surface area contributed by atoms with Gasteiger partial charge in [0.05, 0.1) is 0 Å². The Kier molecular flexibility index (Phi) is 4.95. The van der Waals surface area contributed by atoms with Crippen LogP contribution in [0.1, 0.15) is 20.3 Å². The van der Waals surface area contributed by atoms with Gasteiger partial charge in [0.2, 0.25) is 0 Å². The van der Waals surface area contributed by atoms with E-state index in [1.54, 1.807) is 18.0 Å².